The molecule has 0 amide bonds. The Morgan fingerprint density at radius 2 is 1.97 bits per heavy atom. The van der Waals surface area contributed by atoms with Gasteiger partial charge in [0.1, 0.15) is 40.4 Å². The second-order valence-electron chi connectivity index (χ2n) is 10.2. The van der Waals surface area contributed by atoms with E-state index in [-0.39, 0.29) is 12.1 Å². The summed E-state index contributed by atoms with van der Waals surface area (Å²) in [5, 5.41) is 27.0. The van der Waals surface area contributed by atoms with E-state index in [1.807, 2.05) is 33.8 Å². The number of nitrogens with two attached hydrogens (primary N) is 1. The van der Waals surface area contributed by atoms with Crippen LogP contribution in [0.15, 0.2) is 34.8 Å². The maximum Gasteiger partial charge on any atom is 0.148 e. The molecule has 0 saturated carbocycles. The van der Waals surface area contributed by atoms with Crippen molar-refractivity contribution in [2.24, 2.45) is 15.9 Å². The number of hydrogen-bond acceptors (Lipinski definition) is 10. The molecule has 3 aromatic heterocycles. The second kappa shape index (κ2) is 10.9. The predicted octanol–water partition coefficient (Wildman–Crippen LogP) is 2.51. The number of nitrogens with zero attached hydrogens (tertiary/aromatic N) is 9. The van der Waals surface area contributed by atoms with E-state index >= 15 is 0 Å². The molecule has 2 N–H and O–H groups in total. The Hall–Kier alpha value is -3.82. The van der Waals surface area contributed by atoms with Crippen molar-refractivity contribution in [2.45, 2.75) is 64.8 Å². The molecule has 2 fully saturated rings. The average Bonchev–Trinajstić information content (AvgIpc) is 3.52. The summed E-state index contributed by atoms with van der Waals surface area (Å²) in [5.74, 6) is 6.37. The first-order valence-electron chi connectivity index (χ1n) is 13.0. The number of pyridine rings is 1. The molecule has 0 aliphatic carbocycles. The summed E-state index contributed by atoms with van der Waals surface area (Å²) in [4.78, 5) is 9.12. The zero-order chi connectivity index (χ0) is 26.8. The lowest BCUT2D eigenvalue weighted by Gasteiger charge is -2.40. The highest BCUT2D eigenvalue weighted by Gasteiger charge is 2.30. The van der Waals surface area contributed by atoms with Gasteiger partial charge in [-0.3, -0.25) is 9.89 Å². The number of aromatic nitrogens is 5. The second-order valence-corrected chi connectivity index (χ2v) is 10.2. The highest BCUT2D eigenvalue weighted by molar-refractivity contribution is 6.47. The third-order valence-electron chi connectivity index (χ3n) is 7.16. The number of hydrazone groups is 1. The molecule has 12 heteroatoms. The predicted molar refractivity (Wildman–Crippen MR) is 142 cm³/mol. The third kappa shape index (κ3) is 5.12. The van der Waals surface area contributed by atoms with E-state index < -0.39 is 6.10 Å². The van der Waals surface area contributed by atoms with Crippen molar-refractivity contribution in [3.05, 3.63) is 41.5 Å². The lowest BCUT2D eigenvalue weighted by molar-refractivity contribution is -0.0709. The van der Waals surface area contributed by atoms with Gasteiger partial charge in [-0.25, -0.2) is 4.52 Å². The summed E-state index contributed by atoms with van der Waals surface area (Å²) in [7, 11) is 0. The van der Waals surface area contributed by atoms with Gasteiger partial charge >= 0.3 is 0 Å². The Morgan fingerprint density at radius 3 is 2.58 bits per heavy atom. The van der Waals surface area contributed by atoms with Crippen LogP contribution in [0.1, 0.15) is 69.5 Å². The lowest BCUT2D eigenvalue weighted by atomic mass is 10.0. The highest BCUT2D eigenvalue weighted by atomic mass is 16.5. The minimum absolute atomic E-state index is 0.135. The van der Waals surface area contributed by atoms with Gasteiger partial charge in [-0.05, 0) is 46.6 Å². The average molecular weight is 519 g/mol. The molecule has 3 aromatic rings. The Balaban J connectivity index is 1.41. The van der Waals surface area contributed by atoms with E-state index in [1.165, 1.54) is 6.20 Å². The first-order chi connectivity index (χ1) is 18.4. The molecule has 0 spiro atoms. The number of hydrogen-bond donors (Lipinski definition) is 1. The number of likely N-dealkylation sites (tertiary alicyclic amines) is 1. The lowest BCUT2D eigenvalue weighted by Crippen LogP contribution is -2.52. The smallest absolute Gasteiger partial charge is 0.148 e. The number of ether oxygens (including phenoxy) is 2. The number of aliphatic imine (C=N–C) groups is 1. The van der Waals surface area contributed by atoms with Crippen LogP contribution in [0.5, 0.6) is 5.75 Å². The molecule has 5 rings (SSSR count). The van der Waals surface area contributed by atoms with E-state index in [4.69, 9.17) is 20.3 Å². The quantitative estimate of drug-likeness (QED) is 0.272. The Labute approximate surface area is 221 Å². The molecule has 1 unspecified atom stereocenters. The Bertz CT molecular complexity index is 1390. The van der Waals surface area contributed by atoms with Gasteiger partial charge in [0, 0.05) is 24.8 Å². The van der Waals surface area contributed by atoms with Crippen LogP contribution in [-0.2, 0) is 4.74 Å². The van der Waals surface area contributed by atoms with Crippen LogP contribution in [0.25, 0.3) is 5.52 Å². The van der Waals surface area contributed by atoms with Crippen molar-refractivity contribution < 1.29 is 9.47 Å². The van der Waals surface area contributed by atoms with Gasteiger partial charge in [-0.1, -0.05) is 0 Å². The van der Waals surface area contributed by atoms with Crippen LogP contribution in [0, 0.1) is 11.3 Å². The molecule has 2 aliphatic heterocycles. The first kappa shape index (κ1) is 25.8. The molecular formula is C26H34N10O2. The number of rotatable bonds is 8. The maximum atomic E-state index is 9.67. The van der Waals surface area contributed by atoms with Gasteiger partial charge < -0.3 is 15.3 Å². The summed E-state index contributed by atoms with van der Waals surface area (Å²) in [5.41, 5.74) is 3.67. The fourth-order valence-electron chi connectivity index (χ4n) is 4.89. The van der Waals surface area contributed by atoms with Crippen molar-refractivity contribution in [1.29, 1.82) is 5.26 Å². The van der Waals surface area contributed by atoms with Crippen LogP contribution >= 0.6 is 0 Å². The Morgan fingerprint density at radius 1 is 1.21 bits per heavy atom. The van der Waals surface area contributed by atoms with E-state index in [0.29, 0.717) is 39.8 Å². The van der Waals surface area contributed by atoms with Gasteiger partial charge in [-0.15, -0.1) is 0 Å². The standard InChI is InChI=1S/C26H34N10O2/c1-16(2)36-30-12-23(33-36)18(4)38-24-9-19(13-35-26(24)20(10-27)11-29-35)25(32-28)17(3)31-21-5-7-34(8-6-21)22-14-37-15-22/h9,11-13,16,18,21-22H,5-8,14-15,28H2,1-4H3/b31-17?,32-25+. The van der Waals surface area contributed by atoms with Crippen LogP contribution in [0.3, 0.4) is 0 Å². The molecule has 5 heterocycles. The van der Waals surface area contributed by atoms with Gasteiger partial charge in [0.2, 0.25) is 0 Å². The van der Waals surface area contributed by atoms with Crippen molar-refractivity contribution >= 4 is 16.9 Å². The van der Waals surface area contributed by atoms with E-state index in [2.05, 4.69) is 31.4 Å². The molecule has 0 radical (unpaired) electrons. The van der Waals surface area contributed by atoms with Crippen LogP contribution in [0.4, 0.5) is 0 Å². The topological polar surface area (TPSA) is 144 Å². The van der Waals surface area contributed by atoms with Gasteiger partial charge in [0.25, 0.3) is 0 Å². The number of nitriles is 1. The molecule has 1 atom stereocenters. The number of piperidine rings is 1. The molecule has 2 saturated heterocycles. The molecule has 38 heavy (non-hydrogen) atoms. The fraction of sp³-hybridized carbons (Fsp3) is 0.538. The monoisotopic (exact) mass is 518 g/mol. The summed E-state index contributed by atoms with van der Waals surface area (Å²) >= 11 is 0. The van der Waals surface area contributed by atoms with Gasteiger partial charge in [0.05, 0.1) is 49.4 Å². The van der Waals surface area contributed by atoms with Crippen molar-refractivity contribution in [3.63, 3.8) is 0 Å². The minimum atomic E-state index is -0.415. The summed E-state index contributed by atoms with van der Waals surface area (Å²) in [6, 6.07) is 4.93. The largest absolute Gasteiger partial charge is 0.482 e. The molecule has 200 valence electrons. The molecular weight excluding hydrogens is 484 g/mol. The summed E-state index contributed by atoms with van der Waals surface area (Å²) in [6.45, 7) is 11.5. The zero-order valence-electron chi connectivity index (χ0n) is 22.3. The van der Waals surface area contributed by atoms with E-state index in [0.717, 1.165) is 44.9 Å². The molecule has 12 nitrogen and oxygen atoms in total. The van der Waals surface area contributed by atoms with Crippen molar-refractivity contribution in [3.8, 4) is 11.8 Å². The minimum Gasteiger partial charge on any atom is -0.482 e. The molecule has 0 aromatic carbocycles. The fourth-order valence-corrected chi connectivity index (χ4v) is 4.89. The van der Waals surface area contributed by atoms with Crippen molar-refractivity contribution in [2.75, 3.05) is 26.3 Å². The van der Waals surface area contributed by atoms with Gasteiger partial charge in [-0.2, -0.15) is 30.5 Å². The number of fused-ring (bicyclic) bond motifs is 1. The summed E-state index contributed by atoms with van der Waals surface area (Å²) in [6.07, 6.45) is 6.57. The highest BCUT2D eigenvalue weighted by Crippen LogP contribution is 2.30. The Kier molecular flexibility index (Phi) is 7.40. The molecule has 0 bridgehead atoms. The van der Waals surface area contributed by atoms with Gasteiger partial charge in [0.15, 0.2) is 0 Å². The van der Waals surface area contributed by atoms with Crippen LogP contribution in [-0.4, -0.2) is 79.3 Å². The van der Waals surface area contributed by atoms with Crippen LogP contribution < -0.4 is 10.6 Å². The van der Waals surface area contributed by atoms with E-state index in [9.17, 15) is 5.26 Å². The summed E-state index contributed by atoms with van der Waals surface area (Å²) < 4.78 is 13.3. The van der Waals surface area contributed by atoms with Crippen LogP contribution in [0.2, 0.25) is 0 Å². The molecule has 2 aliphatic rings. The normalized spacial score (nSPS) is 19.1. The van der Waals surface area contributed by atoms with E-state index in [1.54, 1.807) is 21.7 Å². The maximum absolute atomic E-state index is 9.67. The third-order valence-corrected chi connectivity index (χ3v) is 7.16. The van der Waals surface area contributed by atoms with Crippen molar-refractivity contribution in [1.82, 2.24) is 29.5 Å². The first-order valence-corrected chi connectivity index (χ1v) is 13.0. The zero-order valence-corrected chi connectivity index (χ0v) is 22.3. The SMILES string of the molecule is CC(=NC1CCN(C2COC2)CC1)/C(=N\N)c1cc(OC(C)c2cnn(C(C)C)n2)c2c(C#N)cnn2c1.